The molecule has 2 rings (SSSR count). The molecule has 1 unspecified atom stereocenters. The minimum Gasteiger partial charge on any atom is -0.339 e. The summed E-state index contributed by atoms with van der Waals surface area (Å²) in [6, 6.07) is 4.63. The molecular formula is C15H21N3O3. The topological polar surface area (TPSA) is 75.5 Å². The quantitative estimate of drug-likeness (QED) is 0.683. The van der Waals surface area contributed by atoms with Crippen molar-refractivity contribution in [1.82, 2.24) is 10.2 Å². The molecule has 1 saturated heterocycles. The molecule has 6 heteroatoms. The van der Waals surface area contributed by atoms with Crippen LogP contribution in [0.25, 0.3) is 0 Å². The predicted molar refractivity (Wildman–Crippen MR) is 80.4 cm³/mol. The Labute approximate surface area is 124 Å². The number of nitro benzene ring substituents is 1. The first-order valence-corrected chi connectivity index (χ1v) is 7.23. The van der Waals surface area contributed by atoms with E-state index in [9.17, 15) is 14.9 Å². The van der Waals surface area contributed by atoms with Gasteiger partial charge in [-0.1, -0.05) is 6.07 Å². The summed E-state index contributed by atoms with van der Waals surface area (Å²) < 4.78 is 0. The summed E-state index contributed by atoms with van der Waals surface area (Å²) in [6.07, 6.45) is 2.91. The van der Waals surface area contributed by atoms with Gasteiger partial charge in [0.1, 0.15) is 0 Å². The molecule has 1 fully saturated rings. The van der Waals surface area contributed by atoms with Crippen LogP contribution in [0.2, 0.25) is 0 Å². The van der Waals surface area contributed by atoms with Gasteiger partial charge < -0.3 is 10.2 Å². The van der Waals surface area contributed by atoms with Gasteiger partial charge in [-0.15, -0.1) is 0 Å². The van der Waals surface area contributed by atoms with Gasteiger partial charge in [-0.3, -0.25) is 14.9 Å². The van der Waals surface area contributed by atoms with Crippen molar-refractivity contribution in [3.63, 3.8) is 0 Å². The number of nitrogens with one attached hydrogen (secondary N) is 1. The average molecular weight is 291 g/mol. The number of amides is 1. The fourth-order valence-electron chi connectivity index (χ4n) is 2.70. The van der Waals surface area contributed by atoms with Gasteiger partial charge in [0.2, 0.25) is 0 Å². The summed E-state index contributed by atoms with van der Waals surface area (Å²) in [5, 5.41) is 14.2. The van der Waals surface area contributed by atoms with Gasteiger partial charge >= 0.3 is 0 Å². The number of hydrogen-bond donors (Lipinski definition) is 1. The number of hydrogen-bond acceptors (Lipinski definition) is 4. The van der Waals surface area contributed by atoms with E-state index in [1.54, 1.807) is 24.9 Å². The average Bonchev–Trinajstić information content (AvgIpc) is 2.75. The van der Waals surface area contributed by atoms with Crippen molar-refractivity contribution >= 4 is 11.6 Å². The molecule has 1 aromatic carbocycles. The summed E-state index contributed by atoms with van der Waals surface area (Å²) >= 11 is 0. The molecule has 114 valence electrons. The Kier molecular flexibility index (Phi) is 4.90. The summed E-state index contributed by atoms with van der Waals surface area (Å²) in [6.45, 7) is 3.68. The molecule has 0 bridgehead atoms. The number of rotatable bonds is 3. The smallest absolute Gasteiger partial charge is 0.270 e. The first kappa shape index (κ1) is 15.4. The van der Waals surface area contributed by atoms with Crippen LogP contribution in [0.1, 0.15) is 35.2 Å². The van der Waals surface area contributed by atoms with Crippen molar-refractivity contribution in [2.75, 3.05) is 20.1 Å². The second kappa shape index (κ2) is 6.67. The second-order valence-electron chi connectivity index (χ2n) is 5.51. The molecule has 0 spiro atoms. The molecule has 1 aromatic rings. The van der Waals surface area contributed by atoms with E-state index < -0.39 is 4.92 Å². The lowest BCUT2D eigenvalue weighted by Crippen LogP contribution is -2.37. The number of nitrogens with zero attached hydrogens (tertiary/aromatic N) is 2. The van der Waals surface area contributed by atoms with E-state index >= 15 is 0 Å². The second-order valence-corrected chi connectivity index (χ2v) is 5.51. The van der Waals surface area contributed by atoms with Crippen LogP contribution in [-0.4, -0.2) is 41.9 Å². The minimum absolute atomic E-state index is 0.0418. The van der Waals surface area contributed by atoms with Crippen molar-refractivity contribution in [2.24, 2.45) is 0 Å². The number of nitro groups is 1. The predicted octanol–water partition coefficient (Wildman–Crippen LogP) is 2.12. The van der Waals surface area contributed by atoms with Crippen molar-refractivity contribution in [3.8, 4) is 0 Å². The molecule has 0 aliphatic carbocycles. The third kappa shape index (κ3) is 3.58. The van der Waals surface area contributed by atoms with Gasteiger partial charge in [-0.05, 0) is 44.8 Å². The van der Waals surface area contributed by atoms with Crippen molar-refractivity contribution < 1.29 is 9.72 Å². The van der Waals surface area contributed by atoms with E-state index in [1.807, 2.05) is 0 Å². The van der Waals surface area contributed by atoms with Crippen LogP contribution < -0.4 is 5.32 Å². The number of aryl methyl sites for hydroxylation is 1. The third-order valence-electron chi connectivity index (χ3n) is 4.08. The molecule has 1 N–H and O–H groups in total. The lowest BCUT2D eigenvalue weighted by atomic mass is 10.0. The molecule has 1 aliphatic rings. The Morgan fingerprint density at radius 2 is 2.14 bits per heavy atom. The molecule has 1 amide bonds. The van der Waals surface area contributed by atoms with Gasteiger partial charge in [0.15, 0.2) is 0 Å². The highest BCUT2D eigenvalue weighted by atomic mass is 16.6. The minimum atomic E-state index is -0.466. The number of non-ortho nitro benzene ring substituents is 1. The number of carbonyl (C=O) groups is 1. The van der Waals surface area contributed by atoms with E-state index in [0.29, 0.717) is 5.56 Å². The lowest BCUT2D eigenvalue weighted by molar-refractivity contribution is -0.384. The SMILES string of the molecule is Cc1ccc([N+](=O)[O-])cc1C(=O)N(C)C1CCCNCC1. The van der Waals surface area contributed by atoms with Gasteiger partial charge in [0.25, 0.3) is 11.6 Å². The summed E-state index contributed by atoms with van der Waals surface area (Å²) in [4.78, 5) is 24.8. The van der Waals surface area contributed by atoms with Crippen LogP contribution in [0.3, 0.4) is 0 Å². The number of carbonyl (C=O) groups excluding carboxylic acids is 1. The normalized spacial score (nSPS) is 18.9. The van der Waals surface area contributed by atoms with Crippen molar-refractivity contribution in [3.05, 3.63) is 39.4 Å². The molecule has 0 radical (unpaired) electrons. The summed E-state index contributed by atoms with van der Waals surface area (Å²) in [7, 11) is 1.79. The molecule has 1 aliphatic heterocycles. The van der Waals surface area contributed by atoms with E-state index in [0.717, 1.165) is 37.9 Å². The Morgan fingerprint density at radius 1 is 1.38 bits per heavy atom. The third-order valence-corrected chi connectivity index (χ3v) is 4.08. The largest absolute Gasteiger partial charge is 0.339 e. The molecule has 1 heterocycles. The fraction of sp³-hybridized carbons (Fsp3) is 0.533. The first-order chi connectivity index (χ1) is 10.0. The summed E-state index contributed by atoms with van der Waals surface area (Å²) in [5.41, 5.74) is 1.15. The lowest BCUT2D eigenvalue weighted by Gasteiger charge is -2.27. The summed E-state index contributed by atoms with van der Waals surface area (Å²) in [5.74, 6) is -0.136. The van der Waals surface area contributed by atoms with Crippen LogP contribution in [0.4, 0.5) is 5.69 Å². The van der Waals surface area contributed by atoms with Crippen LogP contribution in [-0.2, 0) is 0 Å². The highest BCUT2D eigenvalue weighted by Gasteiger charge is 2.24. The van der Waals surface area contributed by atoms with Crippen LogP contribution in [0.5, 0.6) is 0 Å². The molecule has 0 aromatic heterocycles. The van der Waals surface area contributed by atoms with Crippen LogP contribution >= 0.6 is 0 Å². The molecule has 0 saturated carbocycles. The van der Waals surface area contributed by atoms with Gasteiger partial charge in [-0.25, -0.2) is 0 Å². The van der Waals surface area contributed by atoms with Gasteiger partial charge in [0, 0.05) is 30.8 Å². The van der Waals surface area contributed by atoms with Crippen LogP contribution in [0.15, 0.2) is 18.2 Å². The number of benzene rings is 1. The molecule has 1 atom stereocenters. The molecule has 21 heavy (non-hydrogen) atoms. The van der Waals surface area contributed by atoms with Crippen molar-refractivity contribution in [1.29, 1.82) is 0 Å². The maximum Gasteiger partial charge on any atom is 0.270 e. The maximum atomic E-state index is 12.6. The zero-order valence-corrected chi connectivity index (χ0v) is 12.5. The van der Waals surface area contributed by atoms with Gasteiger partial charge in [0.05, 0.1) is 4.92 Å². The van der Waals surface area contributed by atoms with E-state index in [-0.39, 0.29) is 17.6 Å². The van der Waals surface area contributed by atoms with E-state index in [4.69, 9.17) is 0 Å². The Morgan fingerprint density at radius 3 is 2.86 bits per heavy atom. The Bertz CT molecular complexity index is 537. The highest BCUT2D eigenvalue weighted by molar-refractivity contribution is 5.96. The van der Waals surface area contributed by atoms with E-state index in [2.05, 4.69) is 5.32 Å². The highest BCUT2D eigenvalue weighted by Crippen LogP contribution is 2.21. The van der Waals surface area contributed by atoms with Gasteiger partial charge in [-0.2, -0.15) is 0 Å². The zero-order chi connectivity index (χ0) is 15.4. The van der Waals surface area contributed by atoms with E-state index in [1.165, 1.54) is 12.1 Å². The monoisotopic (exact) mass is 291 g/mol. The molecular weight excluding hydrogens is 270 g/mol. The maximum absolute atomic E-state index is 12.6. The molecule has 6 nitrogen and oxygen atoms in total. The fourth-order valence-corrected chi connectivity index (χ4v) is 2.70. The first-order valence-electron chi connectivity index (χ1n) is 7.23. The standard InChI is InChI=1S/C15H21N3O3/c1-11-5-6-13(18(20)21)10-14(11)15(19)17(2)12-4-3-8-16-9-7-12/h5-6,10,12,16H,3-4,7-9H2,1-2H3. The van der Waals surface area contributed by atoms with Crippen LogP contribution in [0, 0.1) is 17.0 Å². The zero-order valence-electron chi connectivity index (χ0n) is 12.5. The van der Waals surface area contributed by atoms with Crippen molar-refractivity contribution in [2.45, 2.75) is 32.2 Å². The Balaban J connectivity index is 2.21. The Hall–Kier alpha value is -1.95.